The quantitative estimate of drug-likeness (QED) is 0.0195. The number of allylic oxidation sites excluding steroid dienone is 7. The van der Waals surface area contributed by atoms with Crippen LogP contribution in [0.5, 0.6) is 0 Å². The molecule has 1 aliphatic rings. The Hall–Kier alpha value is -2.38. The fourth-order valence-corrected chi connectivity index (χ4v) is 13.1. The van der Waals surface area contributed by atoms with Gasteiger partial charge in [-0.2, -0.15) is 0 Å². The maximum atomic E-state index is 13.0. The van der Waals surface area contributed by atoms with Crippen molar-refractivity contribution in [3.63, 3.8) is 0 Å². The number of hydrogen-bond donors (Lipinski definition) is 6. The number of unbranched alkanes of at least 4 members (excludes halogenated alkanes) is 54. The number of ether oxygens (including phenoxy) is 3. The second-order valence-electron chi connectivity index (χ2n) is 28.5. The lowest BCUT2D eigenvalue weighted by Gasteiger charge is -2.40. The summed E-state index contributed by atoms with van der Waals surface area (Å²) in [5, 5.41) is 54.3. The first-order valence-electron chi connectivity index (χ1n) is 40.9. The molecule has 0 aromatic carbocycles. The van der Waals surface area contributed by atoms with Gasteiger partial charge in [0.25, 0.3) is 0 Å². The highest BCUT2D eigenvalue weighted by atomic mass is 16.7. The van der Waals surface area contributed by atoms with E-state index >= 15 is 0 Å². The van der Waals surface area contributed by atoms with Crippen LogP contribution in [0.2, 0.25) is 0 Å². The summed E-state index contributed by atoms with van der Waals surface area (Å²) in [4.78, 5) is 25.2. The predicted molar refractivity (Wildman–Crippen MR) is 398 cm³/mol. The lowest BCUT2D eigenvalue weighted by Crippen LogP contribution is -2.60. The van der Waals surface area contributed by atoms with E-state index in [0.717, 1.165) is 57.8 Å². The molecule has 1 saturated heterocycles. The highest BCUT2D eigenvalue weighted by Crippen LogP contribution is 2.24. The summed E-state index contributed by atoms with van der Waals surface area (Å²) in [7, 11) is 0. The predicted octanol–water partition coefficient (Wildman–Crippen LogP) is 22.3. The van der Waals surface area contributed by atoms with Crippen LogP contribution in [-0.2, 0) is 23.8 Å². The van der Waals surface area contributed by atoms with Crippen molar-refractivity contribution in [1.29, 1.82) is 0 Å². The molecule has 94 heavy (non-hydrogen) atoms. The van der Waals surface area contributed by atoms with Crippen molar-refractivity contribution in [2.75, 3.05) is 19.8 Å². The number of esters is 1. The summed E-state index contributed by atoms with van der Waals surface area (Å²) in [5.41, 5.74) is 0. The van der Waals surface area contributed by atoms with E-state index in [1.807, 2.05) is 19.1 Å². The number of nitrogens with one attached hydrogen (secondary N) is 1. The van der Waals surface area contributed by atoms with Crippen molar-refractivity contribution < 1.29 is 49.3 Å². The second-order valence-corrected chi connectivity index (χ2v) is 28.5. The molecule has 1 amide bonds. The van der Waals surface area contributed by atoms with E-state index in [1.165, 1.54) is 321 Å². The Bertz CT molecular complexity index is 1700. The molecule has 552 valence electrons. The Morgan fingerprint density at radius 1 is 0.404 bits per heavy atom. The highest BCUT2D eigenvalue weighted by Gasteiger charge is 2.44. The largest absolute Gasteiger partial charge is 0.466 e. The van der Waals surface area contributed by atoms with Crippen LogP contribution < -0.4 is 5.32 Å². The topological polar surface area (TPSA) is 175 Å². The fraction of sp³-hybridized carbons (Fsp3) is 0.880. The summed E-state index contributed by atoms with van der Waals surface area (Å²) in [6.07, 6.45) is 86.4. The molecule has 0 radical (unpaired) electrons. The molecule has 0 spiro atoms. The molecule has 7 unspecified atom stereocenters. The third-order valence-electron chi connectivity index (χ3n) is 19.5. The van der Waals surface area contributed by atoms with Crippen molar-refractivity contribution in [3.8, 4) is 0 Å². The molecule has 0 saturated carbocycles. The van der Waals surface area contributed by atoms with Gasteiger partial charge >= 0.3 is 5.97 Å². The SMILES string of the molecule is C/C=C/CC/C=C/CC/C=C/C(O)C(COC1OC(CO)C(O)C(O)C1O)NC(=O)CCCCCCCCCCCCCCCCCCC/C=C\CCCCCCCCCCCCCCCCCCCCOC(=O)CCCCCCCCCCCCCCCCCCCC. The maximum Gasteiger partial charge on any atom is 0.305 e. The average molecular weight is 1330 g/mol. The van der Waals surface area contributed by atoms with Gasteiger partial charge in [-0.25, -0.2) is 0 Å². The summed E-state index contributed by atoms with van der Waals surface area (Å²) in [6.45, 7) is 4.14. The summed E-state index contributed by atoms with van der Waals surface area (Å²) in [6, 6.07) is -0.830. The normalized spacial score (nSPS) is 17.6. The molecule has 1 rings (SSSR count). The Morgan fingerprint density at radius 3 is 1.12 bits per heavy atom. The van der Waals surface area contributed by atoms with Crippen LogP contribution in [0.1, 0.15) is 406 Å². The van der Waals surface area contributed by atoms with Gasteiger partial charge in [-0.15, -0.1) is 0 Å². The molecule has 0 aliphatic carbocycles. The minimum absolute atomic E-state index is 0.0215. The van der Waals surface area contributed by atoms with Crippen LogP contribution in [0.4, 0.5) is 0 Å². The Morgan fingerprint density at radius 2 is 0.734 bits per heavy atom. The van der Waals surface area contributed by atoms with E-state index < -0.39 is 49.5 Å². The van der Waals surface area contributed by atoms with Gasteiger partial charge in [-0.05, 0) is 77.6 Å². The number of amides is 1. The molecular formula is C83H155NO10. The molecule has 0 aromatic rings. The van der Waals surface area contributed by atoms with E-state index in [1.54, 1.807) is 6.08 Å². The van der Waals surface area contributed by atoms with Gasteiger partial charge < -0.3 is 45.1 Å². The molecule has 6 N–H and O–H groups in total. The molecule has 1 fully saturated rings. The van der Waals surface area contributed by atoms with E-state index in [-0.39, 0.29) is 18.5 Å². The molecule has 11 heteroatoms. The van der Waals surface area contributed by atoms with E-state index in [2.05, 4.69) is 42.6 Å². The first kappa shape index (κ1) is 89.6. The third-order valence-corrected chi connectivity index (χ3v) is 19.5. The first-order valence-corrected chi connectivity index (χ1v) is 40.9. The lowest BCUT2D eigenvalue weighted by atomic mass is 9.99. The van der Waals surface area contributed by atoms with Gasteiger partial charge in [0.1, 0.15) is 24.4 Å². The van der Waals surface area contributed by atoms with Gasteiger partial charge in [-0.1, -0.05) is 364 Å². The smallest absolute Gasteiger partial charge is 0.305 e. The van der Waals surface area contributed by atoms with Crippen LogP contribution in [0.3, 0.4) is 0 Å². The van der Waals surface area contributed by atoms with Crippen LogP contribution in [0.25, 0.3) is 0 Å². The number of aliphatic hydroxyl groups excluding tert-OH is 5. The van der Waals surface area contributed by atoms with Crippen LogP contribution in [0, 0.1) is 0 Å². The number of hydrogen-bond acceptors (Lipinski definition) is 10. The first-order chi connectivity index (χ1) is 46.2. The highest BCUT2D eigenvalue weighted by molar-refractivity contribution is 5.76. The zero-order valence-electron chi connectivity index (χ0n) is 61.7. The lowest BCUT2D eigenvalue weighted by molar-refractivity contribution is -0.302. The molecular weight excluding hydrogens is 1170 g/mol. The molecule has 0 bridgehead atoms. The Balaban J connectivity index is 1.83. The van der Waals surface area contributed by atoms with Crippen LogP contribution in [-0.4, -0.2) is 100 Å². The molecule has 7 atom stereocenters. The standard InChI is InChI=1S/C83H155NO10/c1-3-5-7-9-11-13-14-15-16-17-42-45-48-51-55-59-63-67-71-79(88)92-72-68-64-60-56-52-49-46-43-40-38-36-34-32-30-28-26-24-22-20-18-19-21-23-25-27-29-31-33-35-37-39-41-44-47-50-54-58-62-66-70-78(87)84-75(76(86)69-65-61-57-53-12-10-8-6-4-2)74-93-83-82(91)81(90)80(89)77(73-85)94-83/h4,6,12,18-19,53,65,69,75-77,80-83,85-86,89-91H,3,5,7-11,13-17,20-52,54-64,66-68,70-74H2,1-2H3,(H,84,87)/b6-4+,19-18-,53-12+,69-65+. The number of carbonyl (C=O) groups excluding carboxylic acids is 2. The summed E-state index contributed by atoms with van der Waals surface area (Å²) >= 11 is 0. The van der Waals surface area contributed by atoms with Crippen LogP contribution in [0.15, 0.2) is 48.6 Å². The zero-order chi connectivity index (χ0) is 67.9. The summed E-state index contributed by atoms with van der Waals surface area (Å²) in [5.74, 6) is -0.172. The van der Waals surface area contributed by atoms with Crippen molar-refractivity contribution in [2.45, 2.75) is 448 Å². The summed E-state index contributed by atoms with van der Waals surface area (Å²) < 4.78 is 16.7. The van der Waals surface area contributed by atoms with E-state index in [4.69, 9.17) is 14.2 Å². The van der Waals surface area contributed by atoms with Gasteiger partial charge in [0, 0.05) is 12.8 Å². The molecule has 0 aromatic heterocycles. The molecule has 1 heterocycles. The van der Waals surface area contributed by atoms with E-state index in [0.29, 0.717) is 19.4 Å². The van der Waals surface area contributed by atoms with Gasteiger partial charge in [0.2, 0.25) is 5.91 Å². The minimum Gasteiger partial charge on any atom is -0.466 e. The second kappa shape index (κ2) is 71.9. The van der Waals surface area contributed by atoms with Crippen molar-refractivity contribution >= 4 is 11.9 Å². The van der Waals surface area contributed by atoms with E-state index in [9.17, 15) is 35.1 Å². The molecule has 11 nitrogen and oxygen atoms in total. The maximum absolute atomic E-state index is 13.0. The van der Waals surface area contributed by atoms with Gasteiger partial charge in [0.15, 0.2) is 6.29 Å². The van der Waals surface area contributed by atoms with Gasteiger partial charge in [0.05, 0.1) is 32.0 Å². The average Bonchev–Trinajstić information content (AvgIpc) is 0.834. The number of aliphatic hydroxyl groups is 5. The Kier molecular flexibility index (Phi) is 68.5. The minimum atomic E-state index is -1.58. The molecule has 1 aliphatic heterocycles. The third kappa shape index (κ3) is 59.7. The van der Waals surface area contributed by atoms with Crippen LogP contribution >= 0.6 is 0 Å². The monoisotopic (exact) mass is 1330 g/mol. The van der Waals surface area contributed by atoms with Crippen molar-refractivity contribution in [2.24, 2.45) is 0 Å². The zero-order valence-corrected chi connectivity index (χ0v) is 61.7. The number of carbonyl (C=O) groups is 2. The fourth-order valence-electron chi connectivity index (χ4n) is 13.1. The van der Waals surface area contributed by atoms with Gasteiger partial charge in [-0.3, -0.25) is 9.59 Å². The van der Waals surface area contributed by atoms with Crippen molar-refractivity contribution in [1.82, 2.24) is 5.32 Å². The Labute approximate surface area is 580 Å². The van der Waals surface area contributed by atoms with Crippen molar-refractivity contribution in [3.05, 3.63) is 48.6 Å². The number of rotatable bonds is 73.